The Labute approximate surface area is 108 Å². The molecule has 3 heteroatoms. The molecule has 96 valence electrons. The number of likely N-dealkylation sites (tertiary alicyclic amines) is 1. The number of amides is 1. The monoisotopic (exact) mass is 244 g/mol. The molecule has 0 saturated carbocycles. The highest BCUT2D eigenvalue weighted by Gasteiger charge is 2.49. The van der Waals surface area contributed by atoms with Crippen molar-refractivity contribution in [1.82, 2.24) is 10.2 Å². The fourth-order valence-electron chi connectivity index (χ4n) is 2.80. The molecule has 1 amide bonds. The van der Waals surface area contributed by atoms with Gasteiger partial charge in [-0.25, -0.2) is 0 Å². The second-order valence-corrected chi connectivity index (χ2v) is 6.04. The standard InChI is InChI=1S/C15H20N2O/c1-11(2)12-3-5-13(6-4-12)14(18)17-9-15(10-17)7-16-8-15/h3-6,11,16H,7-10H2,1-2H3. The SMILES string of the molecule is CC(C)c1ccc(C(=O)N2CC3(CNC3)C2)cc1. The van der Waals surface area contributed by atoms with Crippen LogP contribution in [0.5, 0.6) is 0 Å². The van der Waals surface area contributed by atoms with E-state index in [9.17, 15) is 4.79 Å². The highest BCUT2D eigenvalue weighted by molar-refractivity contribution is 5.95. The molecule has 3 rings (SSSR count). The van der Waals surface area contributed by atoms with E-state index in [2.05, 4.69) is 31.3 Å². The third kappa shape index (κ3) is 1.83. The molecule has 1 aromatic rings. The van der Waals surface area contributed by atoms with Gasteiger partial charge >= 0.3 is 0 Å². The highest BCUT2D eigenvalue weighted by atomic mass is 16.2. The van der Waals surface area contributed by atoms with Crippen molar-refractivity contribution in [2.45, 2.75) is 19.8 Å². The van der Waals surface area contributed by atoms with Crippen molar-refractivity contribution in [3.63, 3.8) is 0 Å². The summed E-state index contributed by atoms with van der Waals surface area (Å²) in [7, 11) is 0. The number of nitrogens with zero attached hydrogens (tertiary/aromatic N) is 1. The summed E-state index contributed by atoms with van der Waals surface area (Å²) >= 11 is 0. The third-order valence-electron chi connectivity index (χ3n) is 4.16. The Morgan fingerprint density at radius 1 is 1.22 bits per heavy atom. The Morgan fingerprint density at radius 3 is 2.28 bits per heavy atom. The van der Waals surface area contributed by atoms with E-state index in [0.29, 0.717) is 11.3 Å². The number of nitrogens with one attached hydrogen (secondary N) is 1. The van der Waals surface area contributed by atoms with Crippen LogP contribution in [-0.2, 0) is 0 Å². The summed E-state index contributed by atoms with van der Waals surface area (Å²) in [5.74, 6) is 0.699. The fourth-order valence-corrected chi connectivity index (χ4v) is 2.80. The average molecular weight is 244 g/mol. The number of benzene rings is 1. The quantitative estimate of drug-likeness (QED) is 0.861. The van der Waals surface area contributed by atoms with Crippen LogP contribution in [0.2, 0.25) is 0 Å². The summed E-state index contributed by atoms with van der Waals surface area (Å²) in [6.45, 7) is 8.32. The van der Waals surface area contributed by atoms with Gasteiger partial charge in [-0.15, -0.1) is 0 Å². The van der Waals surface area contributed by atoms with E-state index in [1.807, 2.05) is 17.0 Å². The maximum atomic E-state index is 12.2. The molecular formula is C15H20N2O. The summed E-state index contributed by atoms with van der Waals surface area (Å²) < 4.78 is 0. The molecule has 0 atom stereocenters. The predicted molar refractivity (Wildman–Crippen MR) is 71.7 cm³/mol. The molecule has 0 radical (unpaired) electrons. The van der Waals surface area contributed by atoms with E-state index in [4.69, 9.17) is 0 Å². The molecular weight excluding hydrogens is 224 g/mol. The van der Waals surface area contributed by atoms with Crippen molar-refractivity contribution in [2.24, 2.45) is 5.41 Å². The Bertz CT molecular complexity index is 452. The number of carbonyl (C=O) groups excluding carboxylic acids is 1. The van der Waals surface area contributed by atoms with Crippen molar-refractivity contribution in [3.8, 4) is 0 Å². The van der Waals surface area contributed by atoms with Gasteiger partial charge in [0.1, 0.15) is 0 Å². The summed E-state index contributed by atoms with van der Waals surface area (Å²) in [4.78, 5) is 14.2. The first-order chi connectivity index (χ1) is 8.60. The molecule has 2 aliphatic rings. The van der Waals surface area contributed by atoms with Gasteiger partial charge in [0.05, 0.1) is 0 Å². The summed E-state index contributed by atoms with van der Waals surface area (Å²) in [5, 5.41) is 3.29. The largest absolute Gasteiger partial charge is 0.337 e. The van der Waals surface area contributed by atoms with E-state index in [0.717, 1.165) is 31.7 Å². The van der Waals surface area contributed by atoms with Crippen LogP contribution in [0.3, 0.4) is 0 Å². The molecule has 1 aromatic carbocycles. The Hall–Kier alpha value is -1.35. The van der Waals surface area contributed by atoms with Crippen LogP contribution in [-0.4, -0.2) is 37.0 Å². The van der Waals surface area contributed by atoms with Crippen molar-refractivity contribution < 1.29 is 4.79 Å². The van der Waals surface area contributed by atoms with Gasteiger partial charge in [0.2, 0.25) is 0 Å². The molecule has 1 N–H and O–H groups in total. The number of hydrogen-bond acceptors (Lipinski definition) is 2. The molecule has 2 saturated heterocycles. The van der Waals surface area contributed by atoms with Gasteiger partial charge in [-0.05, 0) is 23.6 Å². The first-order valence-corrected chi connectivity index (χ1v) is 6.70. The maximum absolute atomic E-state index is 12.2. The normalized spacial score (nSPS) is 20.7. The number of hydrogen-bond donors (Lipinski definition) is 1. The lowest BCUT2D eigenvalue weighted by Crippen LogP contribution is -2.71. The minimum absolute atomic E-state index is 0.183. The Balaban J connectivity index is 1.66. The van der Waals surface area contributed by atoms with Crippen LogP contribution in [0.1, 0.15) is 35.7 Å². The molecule has 2 aliphatic heterocycles. The van der Waals surface area contributed by atoms with E-state index < -0.39 is 0 Å². The second kappa shape index (κ2) is 4.09. The van der Waals surface area contributed by atoms with Crippen LogP contribution in [0.25, 0.3) is 0 Å². The van der Waals surface area contributed by atoms with Crippen molar-refractivity contribution >= 4 is 5.91 Å². The second-order valence-electron chi connectivity index (χ2n) is 6.04. The van der Waals surface area contributed by atoms with Gasteiger partial charge in [0.15, 0.2) is 0 Å². The molecule has 0 unspecified atom stereocenters. The van der Waals surface area contributed by atoms with Crippen molar-refractivity contribution in [3.05, 3.63) is 35.4 Å². The molecule has 1 spiro atoms. The zero-order chi connectivity index (χ0) is 12.8. The lowest BCUT2D eigenvalue weighted by atomic mass is 9.74. The molecule has 18 heavy (non-hydrogen) atoms. The van der Waals surface area contributed by atoms with Crippen LogP contribution in [0.15, 0.2) is 24.3 Å². The smallest absolute Gasteiger partial charge is 0.253 e. The Morgan fingerprint density at radius 2 is 1.83 bits per heavy atom. The van der Waals surface area contributed by atoms with Crippen LogP contribution in [0.4, 0.5) is 0 Å². The molecule has 2 heterocycles. The first kappa shape index (κ1) is 11.7. The topological polar surface area (TPSA) is 32.3 Å². The summed E-state index contributed by atoms with van der Waals surface area (Å²) in [5.41, 5.74) is 2.52. The minimum atomic E-state index is 0.183. The zero-order valence-corrected chi connectivity index (χ0v) is 11.1. The first-order valence-electron chi connectivity index (χ1n) is 6.70. The molecule has 0 aromatic heterocycles. The van der Waals surface area contributed by atoms with E-state index in [1.54, 1.807) is 0 Å². The lowest BCUT2D eigenvalue weighted by Gasteiger charge is -2.56. The van der Waals surface area contributed by atoms with Gasteiger partial charge < -0.3 is 10.2 Å². The predicted octanol–water partition coefficient (Wildman–Crippen LogP) is 1.86. The van der Waals surface area contributed by atoms with Gasteiger partial charge in [-0.3, -0.25) is 4.79 Å². The van der Waals surface area contributed by atoms with E-state index in [-0.39, 0.29) is 5.91 Å². The molecule has 0 bridgehead atoms. The van der Waals surface area contributed by atoms with Crippen LogP contribution >= 0.6 is 0 Å². The minimum Gasteiger partial charge on any atom is -0.337 e. The lowest BCUT2D eigenvalue weighted by molar-refractivity contribution is -0.0248. The summed E-state index contributed by atoms with van der Waals surface area (Å²) in [6, 6.07) is 8.06. The van der Waals surface area contributed by atoms with Crippen LogP contribution in [0, 0.1) is 5.41 Å². The summed E-state index contributed by atoms with van der Waals surface area (Å²) in [6.07, 6.45) is 0. The van der Waals surface area contributed by atoms with Gasteiger partial charge in [0, 0.05) is 37.2 Å². The maximum Gasteiger partial charge on any atom is 0.253 e. The van der Waals surface area contributed by atoms with Crippen molar-refractivity contribution in [2.75, 3.05) is 26.2 Å². The van der Waals surface area contributed by atoms with E-state index >= 15 is 0 Å². The van der Waals surface area contributed by atoms with Crippen molar-refractivity contribution in [1.29, 1.82) is 0 Å². The van der Waals surface area contributed by atoms with Crippen LogP contribution < -0.4 is 5.32 Å². The average Bonchev–Trinajstić information content (AvgIpc) is 2.25. The van der Waals surface area contributed by atoms with Gasteiger partial charge in [-0.1, -0.05) is 26.0 Å². The van der Waals surface area contributed by atoms with E-state index in [1.165, 1.54) is 5.56 Å². The number of rotatable bonds is 2. The fraction of sp³-hybridized carbons (Fsp3) is 0.533. The van der Waals surface area contributed by atoms with Gasteiger partial charge in [0.25, 0.3) is 5.91 Å². The molecule has 3 nitrogen and oxygen atoms in total. The number of carbonyl (C=O) groups is 1. The third-order valence-corrected chi connectivity index (χ3v) is 4.16. The Kier molecular flexibility index (Phi) is 2.67. The zero-order valence-electron chi connectivity index (χ0n) is 11.1. The highest BCUT2D eigenvalue weighted by Crippen LogP contribution is 2.34. The van der Waals surface area contributed by atoms with Gasteiger partial charge in [-0.2, -0.15) is 0 Å². The molecule has 2 fully saturated rings. The molecule has 0 aliphatic carbocycles.